The Morgan fingerprint density at radius 1 is 1.35 bits per heavy atom. The van der Waals surface area contributed by atoms with Gasteiger partial charge in [-0.05, 0) is 42.5 Å². The Labute approximate surface area is 144 Å². The third-order valence-corrected chi connectivity index (χ3v) is 4.64. The van der Waals surface area contributed by atoms with Crippen LogP contribution in [0.1, 0.15) is 36.2 Å². The lowest BCUT2D eigenvalue weighted by molar-refractivity contribution is -0.115. The number of nitrogens with one attached hydrogen (secondary N) is 1. The van der Waals surface area contributed by atoms with Gasteiger partial charge in [-0.2, -0.15) is 0 Å². The SMILES string of the molecule is C/C(=C\CC(C)/C=C1\SC(=S)NC1=O)c1ccc(C(=O)O)cc1. The lowest BCUT2D eigenvalue weighted by Gasteiger charge is -2.06. The highest BCUT2D eigenvalue weighted by Gasteiger charge is 2.22. The molecule has 4 nitrogen and oxygen atoms in total. The van der Waals surface area contributed by atoms with Gasteiger partial charge in [0, 0.05) is 0 Å². The van der Waals surface area contributed by atoms with Crippen LogP contribution in [-0.4, -0.2) is 21.3 Å². The maximum atomic E-state index is 11.6. The van der Waals surface area contributed by atoms with E-state index in [1.165, 1.54) is 11.8 Å². The van der Waals surface area contributed by atoms with Gasteiger partial charge in [-0.25, -0.2) is 4.79 Å². The van der Waals surface area contributed by atoms with Crippen molar-refractivity contribution in [1.82, 2.24) is 5.32 Å². The maximum absolute atomic E-state index is 11.6. The summed E-state index contributed by atoms with van der Waals surface area (Å²) in [6.45, 7) is 4.03. The molecule has 1 aliphatic heterocycles. The van der Waals surface area contributed by atoms with E-state index in [0.29, 0.717) is 9.23 Å². The molecule has 1 amide bonds. The second-order valence-corrected chi connectivity index (χ2v) is 7.08. The number of thioether (sulfide) groups is 1. The number of hydrogen-bond donors (Lipinski definition) is 2. The van der Waals surface area contributed by atoms with E-state index in [-0.39, 0.29) is 17.4 Å². The van der Waals surface area contributed by atoms with Gasteiger partial charge < -0.3 is 10.4 Å². The van der Waals surface area contributed by atoms with Crippen LogP contribution in [0.2, 0.25) is 0 Å². The minimum absolute atomic E-state index is 0.128. The molecule has 1 aromatic carbocycles. The van der Waals surface area contributed by atoms with Crippen LogP contribution in [0.4, 0.5) is 0 Å². The molecule has 0 radical (unpaired) electrons. The predicted octanol–water partition coefficient (Wildman–Crippen LogP) is 3.85. The molecule has 23 heavy (non-hydrogen) atoms. The molecule has 0 spiro atoms. The van der Waals surface area contributed by atoms with Crippen LogP contribution in [0.25, 0.3) is 5.57 Å². The number of carbonyl (C=O) groups excluding carboxylic acids is 1. The third kappa shape index (κ3) is 4.77. The van der Waals surface area contributed by atoms with Crippen molar-refractivity contribution in [2.45, 2.75) is 20.3 Å². The molecular formula is C17H17NO3S2. The monoisotopic (exact) mass is 347 g/mol. The van der Waals surface area contributed by atoms with Crippen LogP contribution >= 0.6 is 24.0 Å². The Kier molecular flexibility index (Phi) is 5.74. The standard InChI is InChI=1S/C17H17NO3S2/c1-10(9-14-15(19)18-17(22)23-14)3-4-11(2)12-5-7-13(8-6-12)16(20)21/h4-10H,3H2,1-2H3,(H,20,21)(H,18,19,22)/b11-4+,14-9-. The highest BCUT2D eigenvalue weighted by atomic mass is 32.2. The molecule has 0 aromatic heterocycles. The summed E-state index contributed by atoms with van der Waals surface area (Å²) in [4.78, 5) is 23.1. The van der Waals surface area contributed by atoms with Gasteiger partial charge in [-0.1, -0.05) is 55.2 Å². The first-order chi connectivity index (χ1) is 10.9. The number of hydrogen-bond acceptors (Lipinski definition) is 4. The van der Waals surface area contributed by atoms with E-state index < -0.39 is 5.97 Å². The van der Waals surface area contributed by atoms with Crippen LogP contribution < -0.4 is 5.32 Å². The van der Waals surface area contributed by atoms with Crippen LogP contribution in [-0.2, 0) is 4.79 Å². The summed E-state index contributed by atoms with van der Waals surface area (Å²) >= 11 is 6.25. The Morgan fingerprint density at radius 2 is 1.96 bits per heavy atom. The first-order valence-corrected chi connectivity index (χ1v) is 8.34. The molecule has 1 atom stereocenters. The van der Waals surface area contributed by atoms with E-state index in [2.05, 4.69) is 11.4 Å². The second kappa shape index (κ2) is 7.57. The number of carboxylic acids is 1. The van der Waals surface area contributed by atoms with Crippen molar-refractivity contribution < 1.29 is 14.7 Å². The van der Waals surface area contributed by atoms with E-state index >= 15 is 0 Å². The van der Waals surface area contributed by atoms with Crippen LogP contribution in [0.15, 0.2) is 41.3 Å². The number of allylic oxidation sites excluding steroid dienone is 3. The second-order valence-electron chi connectivity index (χ2n) is 5.36. The van der Waals surface area contributed by atoms with Gasteiger partial charge in [-0.15, -0.1) is 0 Å². The van der Waals surface area contributed by atoms with Crippen molar-refractivity contribution in [3.05, 3.63) is 52.4 Å². The fraction of sp³-hybridized carbons (Fsp3) is 0.235. The summed E-state index contributed by atoms with van der Waals surface area (Å²) in [6, 6.07) is 6.80. The lowest BCUT2D eigenvalue weighted by atomic mass is 10.0. The van der Waals surface area contributed by atoms with E-state index in [1.54, 1.807) is 24.3 Å². The normalized spacial score (nSPS) is 18.2. The number of amides is 1. The van der Waals surface area contributed by atoms with Gasteiger partial charge in [0.1, 0.15) is 4.32 Å². The van der Waals surface area contributed by atoms with E-state index in [1.807, 2.05) is 19.9 Å². The zero-order valence-corrected chi connectivity index (χ0v) is 14.5. The molecule has 120 valence electrons. The fourth-order valence-corrected chi connectivity index (χ4v) is 3.27. The summed E-state index contributed by atoms with van der Waals surface area (Å²) < 4.78 is 0.499. The van der Waals surface area contributed by atoms with Crippen molar-refractivity contribution in [1.29, 1.82) is 0 Å². The largest absolute Gasteiger partial charge is 0.478 e. The molecule has 1 unspecified atom stereocenters. The first-order valence-electron chi connectivity index (χ1n) is 7.12. The summed E-state index contributed by atoms with van der Waals surface area (Å²) in [5.74, 6) is -0.849. The quantitative estimate of drug-likeness (QED) is 0.626. The van der Waals surface area contributed by atoms with Gasteiger partial charge in [0.25, 0.3) is 5.91 Å². The van der Waals surface area contributed by atoms with Gasteiger partial charge in [0.2, 0.25) is 0 Å². The Hall–Kier alpha value is -1.92. The van der Waals surface area contributed by atoms with Crippen molar-refractivity contribution in [2.75, 3.05) is 0 Å². The molecule has 1 heterocycles. The van der Waals surface area contributed by atoms with E-state index in [0.717, 1.165) is 17.6 Å². The molecule has 2 rings (SSSR count). The Balaban J connectivity index is 2.01. The zero-order chi connectivity index (χ0) is 17.0. The molecule has 2 N–H and O–H groups in total. The maximum Gasteiger partial charge on any atom is 0.335 e. The van der Waals surface area contributed by atoms with Crippen LogP contribution in [0, 0.1) is 5.92 Å². The predicted molar refractivity (Wildman–Crippen MR) is 97.2 cm³/mol. The van der Waals surface area contributed by atoms with Crippen molar-refractivity contribution in [3.63, 3.8) is 0 Å². The Morgan fingerprint density at radius 3 is 2.48 bits per heavy atom. The average Bonchev–Trinajstić information content (AvgIpc) is 2.82. The molecule has 1 fully saturated rings. The van der Waals surface area contributed by atoms with E-state index in [4.69, 9.17) is 17.3 Å². The highest BCUT2D eigenvalue weighted by Crippen LogP contribution is 2.26. The van der Waals surface area contributed by atoms with Crippen LogP contribution in [0.5, 0.6) is 0 Å². The topological polar surface area (TPSA) is 66.4 Å². The molecular weight excluding hydrogens is 330 g/mol. The lowest BCUT2D eigenvalue weighted by Crippen LogP contribution is -2.17. The summed E-state index contributed by atoms with van der Waals surface area (Å²) in [6.07, 6.45) is 4.81. The van der Waals surface area contributed by atoms with Crippen molar-refractivity contribution >= 4 is 45.7 Å². The fourth-order valence-electron chi connectivity index (χ4n) is 2.12. The number of benzene rings is 1. The third-order valence-electron chi connectivity index (χ3n) is 3.46. The number of aromatic carboxylic acids is 1. The molecule has 1 saturated heterocycles. The van der Waals surface area contributed by atoms with Gasteiger partial charge in [0.05, 0.1) is 10.5 Å². The van der Waals surface area contributed by atoms with Crippen LogP contribution in [0.3, 0.4) is 0 Å². The molecule has 0 aliphatic carbocycles. The average molecular weight is 347 g/mol. The smallest absolute Gasteiger partial charge is 0.335 e. The first kappa shape index (κ1) is 17.4. The highest BCUT2D eigenvalue weighted by molar-refractivity contribution is 8.26. The Bertz CT molecular complexity index is 705. The summed E-state index contributed by atoms with van der Waals surface area (Å²) in [7, 11) is 0. The zero-order valence-electron chi connectivity index (χ0n) is 12.8. The molecule has 6 heteroatoms. The van der Waals surface area contributed by atoms with Gasteiger partial charge in [-0.3, -0.25) is 4.79 Å². The van der Waals surface area contributed by atoms with Crippen molar-refractivity contribution in [2.24, 2.45) is 5.92 Å². The molecule has 1 aromatic rings. The molecule has 0 saturated carbocycles. The van der Waals surface area contributed by atoms with E-state index in [9.17, 15) is 9.59 Å². The molecule has 0 bridgehead atoms. The number of carbonyl (C=O) groups is 2. The minimum atomic E-state index is -0.927. The van der Waals surface area contributed by atoms with Gasteiger partial charge in [0.15, 0.2) is 0 Å². The van der Waals surface area contributed by atoms with Crippen molar-refractivity contribution in [3.8, 4) is 0 Å². The summed E-state index contributed by atoms with van der Waals surface area (Å²) in [5, 5.41) is 11.5. The molecule has 1 aliphatic rings. The number of carboxylic acid groups (broad SMARTS) is 1. The minimum Gasteiger partial charge on any atom is -0.478 e. The van der Waals surface area contributed by atoms with Gasteiger partial charge >= 0.3 is 5.97 Å². The number of rotatable bonds is 5. The summed E-state index contributed by atoms with van der Waals surface area (Å²) in [5.41, 5.74) is 2.34. The number of thiocarbonyl (C=S) groups is 1.